The molecule has 0 amide bonds. The lowest BCUT2D eigenvalue weighted by molar-refractivity contribution is 0.119. The Bertz CT molecular complexity index is 448. The van der Waals surface area contributed by atoms with E-state index in [2.05, 4.69) is 0 Å². The average molecular weight is 258 g/mol. The third-order valence-corrected chi connectivity index (χ3v) is 3.71. The number of hydrogen-bond acceptors (Lipinski definition) is 4. The molecule has 96 valence electrons. The minimum atomic E-state index is -3.73. The zero-order chi connectivity index (χ0) is 13.1. The van der Waals surface area contributed by atoms with Gasteiger partial charge in [-0.25, -0.2) is 0 Å². The Kier molecular flexibility index (Phi) is 4.68. The van der Waals surface area contributed by atoms with Gasteiger partial charge in [-0.3, -0.25) is 4.18 Å². The molecule has 17 heavy (non-hydrogen) atoms. The predicted octanol–water partition coefficient (Wildman–Crippen LogP) is 1.86. The molecule has 1 rings (SSSR count). The number of hydrogen-bond donors (Lipinski definition) is 1. The molecule has 5 heteroatoms. The maximum absolute atomic E-state index is 11.8. The molecular weight excluding hydrogens is 240 g/mol. The minimum Gasteiger partial charge on any atom is -0.393 e. The Labute approximate surface area is 102 Å². The van der Waals surface area contributed by atoms with Crippen LogP contribution >= 0.6 is 0 Å². The molecule has 0 aliphatic rings. The quantitative estimate of drug-likeness (QED) is 0.819. The fourth-order valence-corrected chi connectivity index (χ4v) is 2.59. The van der Waals surface area contributed by atoms with Gasteiger partial charge in [-0.15, -0.1) is 0 Å². The molecule has 0 aliphatic heterocycles. The standard InChI is InChI=1S/C12H18O4S/c1-9-4-6-12(7-5-9)17(14,15)16-11(3)8-10(2)13/h4-7,10-11,13H,8H2,1-3H3/t10-,11+/m0/s1. The topological polar surface area (TPSA) is 63.6 Å². The van der Waals surface area contributed by atoms with Crippen molar-refractivity contribution in [3.05, 3.63) is 29.8 Å². The van der Waals surface area contributed by atoms with E-state index in [1.807, 2.05) is 6.92 Å². The molecule has 0 saturated heterocycles. The van der Waals surface area contributed by atoms with E-state index in [1.54, 1.807) is 26.0 Å². The molecule has 0 saturated carbocycles. The monoisotopic (exact) mass is 258 g/mol. The van der Waals surface area contributed by atoms with Crippen LogP contribution < -0.4 is 0 Å². The lowest BCUT2D eigenvalue weighted by atomic mass is 10.2. The summed E-state index contributed by atoms with van der Waals surface area (Å²) in [6, 6.07) is 6.46. The average Bonchev–Trinajstić information content (AvgIpc) is 2.15. The van der Waals surface area contributed by atoms with Gasteiger partial charge in [0.15, 0.2) is 0 Å². The summed E-state index contributed by atoms with van der Waals surface area (Å²) in [5, 5.41) is 9.15. The van der Waals surface area contributed by atoms with E-state index in [0.29, 0.717) is 0 Å². The number of aliphatic hydroxyl groups is 1. The Morgan fingerprint density at radius 3 is 2.24 bits per heavy atom. The fraction of sp³-hybridized carbons (Fsp3) is 0.500. The lowest BCUT2D eigenvalue weighted by Crippen LogP contribution is -2.19. The smallest absolute Gasteiger partial charge is 0.297 e. The molecule has 0 aliphatic carbocycles. The normalized spacial score (nSPS) is 15.5. The van der Waals surface area contributed by atoms with Gasteiger partial charge in [0.25, 0.3) is 10.1 Å². The predicted molar refractivity (Wildman–Crippen MR) is 65.2 cm³/mol. The van der Waals surface area contributed by atoms with Crippen LogP contribution in [-0.4, -0.2) is 25.7 Å². The van der Waals surface area contributed by atoms with E-state index >= 15 is 0 Å². The van der Waals surface area contributed by atoms with Crippen molar-refractivity contribution in [2.75, 3.05) is 0 Å². The summed E-state index contributed by atoms with van der Waals surface area (Å²) in [4.78, 5) is 0.139. The van der Waals surface area contributed by atoms with Crippen molar-refractivity contribution < 1.29 is 17.7 Å². The summed E-state index contributed by atoms with van der Waals surface area (Å²) in [5.41, 5.74) is 0.987. The highest BCUT2D eigenvalue weighted by Crippen LogP contribution is 2.16. The van der Waals surface area contributed by atoms with Crippen LogP contribution in [0.2, 0.25) is 0 Å². The molecule has 0 aromatic heterocycles. The highest BCUT2D eigenvalue weighted by atomic mass is 32.2. The van der Waals surface area contributed by atoms with Gasteiger partial charge < -0.3 is 5.11 Å². The van der Waals surface area contributed by atoms with Crippen molar-refractivity contribution >= 4 is 10.1 Å². The number of benzene rings is 1. The van der Waals surface area contributed by atoms with Gasteiger partial charge in [0.2, 0.25) is 0 Å². The van der Waals surface area contributed by atoms with E-state index in [9.17, 15) is 8.42 Å². The Balaban J connectivity index is 2.78. The summed E-state index contributed by atoms with van der Waals surface area (Å²) >= 11 is 0. The van der Waals surface area contributed by atoms with Crippen LogP contribution in [0.5, 0.6) is 0 Å². The molecule has 0 heterocycles. The van der Waals surface area contributed by atoms with Gasteiger partial charge in [0, 0.05) is 6.42 Å². The highest BCUT2D eigenvalue weighted by molar-refractivity contribution is 7.86. The van der Waals surface area contributed by atoms with Gasteiger partial charge in [-0.1, -0.05) is 17.7 Å². The molecule has 0 unspecified atom stereocenters. The molecule has 2 atom stereocenters. The van der Waals surface area contributed by atoms with E-state index in [-0.39, 0.29) is 11.3 Å². The van der Waals surface area contributed by atoms with Gasteiger partial charge in [-0.2, -0.15) is 8.42 Å². The molecule has 0 radical (unpaired) electrons. The first-order chi connectivity index (χ1) is 7.81. The van der Waals surface area contributed by atoms with Gasteiger partial charge in [0.05, 0.1) is 17.1 Å². The van der Waals surface area contributed by atoms with Gasteiger partial charge >= 0.3 is 0 Å². The molecule has 1 N–H and O–H groups in total. The molecule has 0 bridgehead atoms. The van der Waals surface area contributed by atoms with E-state index in [4.69, 9.17) is 9.29 Å². The van der Waals surface area contributed by atoms with Crippen LogP contribution in [0.4, 0.5) is 0 Å². The first kappa shape index (κ1) is 14.2. The number of rotatable bonds is 5. The molecular formula is C12H18O4S. The van der Waals surface area contributed by atoms with Crippen LogP contribution in [0, 0.1) is 6.92 Å². The Hall–Kier alpha value is -0.910. The SMILES string of the molecule is Cc1ccc(S(=O)(=O)O[C@H](C)C[C@H](C)O)cc1. The summed E-state index contributed by atoms with van der Waals surface area (Å²) in [6.45, 7) is 5.10. The van der Waals surface area contributed by atoms with Gasteiger partial charge in [0.1, 0.15) is 0 Å². The van der Waals surface area contributed by atoms with Crippen molar-refractivity contribution in [1.82, 2.24) is 0 Å². The van der Waals surface area contributed by atoms with Crippen molar-refractivity contribution in [1.29, 1.82) is 0 Å². The molecule has 1 aromatic carbocycles. The number of aryl methyl sites for hydroxylation is 1. The highest BCUT2D eigenvalue weighted by Gasteiger charge is 2.19. The largest absolute Gasteiger partial charge is 0.393 e. The molecule has 0 fully saturated rings. The molecule has 0 spiro atoms. The second-order valence-corrected chi connectivity index (χ2v) is 5.83. The van der Waals surface area contributed by atoms with Crippen molar-refractivity contribution in [3.8, 4) is 0 Å². The van der Waals surface area contributed by atoms with Crippen LogP contribution in [0.15, 0.2) is 29.2 Å². The van der Waals surface area contributed by atoms with E-state index in [0.717, 1.165) is 5.56 Å². The van der Waals surface area contributed by atoms with Gasteiger partial charge in [-0.05, 0) is 32.9 Å². The second-order valence-electron chi connectivity index (χ2n) is 4.26. The third kappa shape index (κ3) is 4.46. The van der Waals surface area contributed by atoms with Crippen molar-refractivity contribution in [3.63, 3.8) is 0 Å². The van der Waals surface area contributed by atoms with Crippen LogP contribution in [-0.2, 0) is 14.3 Å². The van der Waals surface area contributed by atoms with Crippen LogP contribution in [0.25, 0.3) is 0 Å². The lowest BCUT2D eigenvalue weighted by Gasteiger charge is -2.14. The number of aliphatic hydroxyl groups excluding tert-OH is 1. The third-order valence-electron chi connectivity index (χ3n) is 2.27. The van der Waals surface area contributed by atoms with E-state index in [1.165, 1.54) is 12.1 Å². The minimum absolute atomic E-state index is 0.139. The first-order valence-corrected chi connectivity index (χ1v) is 6.90. The van der Waals surface area contributed by atoms with Crippen molar-refractivity contribution in [2.24, 2.45) is 0 Å². The second kappa shape index (κ2) is 5.62. The summed E-state index contributed by atoms with van der Waals surface area (Å²) < 4.78 is 28.6. The maximum Gasteiger partial charge on any atom is 0.297 e. The van der Waals surface area contributed by atoms with Crippen LogP contribution in [0.3, 0.4) is 0 Å². The van der Waals surface area contributed by atoms with Crippen LogP contribution in [0.1, 0.15) is 25.8 Å². The maximum atomic E-state index is 11.8. The fourth-order valence-electron chi connectivity index (χ4n) is 1.50. The van der Waals surface area contributed by atoms with Crippen molar-refractivity contribution in [2.45, 2.75) is 44.3 Å². The zero-order valence-electron chi connectivity index (χ0n) is 10.3. The zero-order valence-corrected chi connectivity index (χ0v) is 11.1. The summed E-state index contributed by atoms with van der Waals surface area (Å²) in [7, 11) is -3.73. The summed E-state index contributed by atoms with van der Waals surface area (Å²) in [6.07, 6.45) is -0.843. The summed E-state index contributed by atoms with van der Waals surface area (Å²) in [5.74, 6) is 0. The molecule has 1 aromatic rings. The Morgan fingerprint density at radius 1 is 1.24 bits per heavy atom. The molecule has 4 nitrogen and oxygen atoms in total. The Morgan fingerprint density at radius 2 is 1.76 bits per heavy atom. The first-order valence-electron chi connectivity index (χ1n) is 5.49. The van der Waals surface area contributed by atoms with E-state index < -0.39 is 22.3 Å².